The molecule has 1 unspecified atom stereocenters. The molecule has 1 aliphatic rings. The molecule has 0 bridgehead atoms. The molecule has 1 aliphatic heterocycles. The Morgan fingerprint density at radius 3 is 2.40 bits per heavy atom. The van der Waals surface area contributed by atoms with Gasteiger partial charge in [0.25, 0.3) is 0 Å². The first kappa shape index (κ1) is 15.0. The van der Waals surface area contributed by atoms with Crippen molar-refractivity contribution in [3.63, 3.8) is 0 Å². The van der Waals surface area contributed by atoms with E-state index in [4.69, 9.17) is 19.9 Å². The fourth-order valence-corrected chi connectivity index (χ4v) is 2.94. The van der Waals surface area contributed by atoms with Gasteiger partial charge in [0.15, 0.2) is 11.5 Å². The van der Waals surface area contributed by atoms with Gasteiger partial charge in [0.05, 0.1) is 13.2 Å². The maximum Gasteiger partial charge on any atom is 0.203 e. The molecule has 0 fully saturated rings. The molecule has 112 valence electrons. The molecule has 0 spiro atoms. The highest BCUT2D eigenvalue weighted by Gasteiger charge is 2.41. The summed E-state index contributed by atoms with van der Waals surface area (Å²) in [4.78, 5) is 0. The van der Waals surface area contributed by atoms with E-state index in [0.717, 1.165) is 17.7 Å². The molecule has 0 amide bonds. The van der Waals surface area contributed by atoms with Crippen LogP contribution in [0.4, 0.5) is 0 Å². The van der Waals surface area contributed by atoms with Crippen LogP contribution in [0.25, 0.3) is 0 Å². The highest BCUT2D eigenvalue weighted by molar-refractivity contribution is 5.59. The average Bonchev–Trinajstić information content (AvgIpc) is 2.30. The SMILES string of the molecule is CCOc1ccc2c(c1OCC)OC(C)(C)CC2(C)N. The van der Waals surface area contributed by atoms with E-state index in [1.165, 1.54) is 0 Å². The van der Waals surface area contributed by atoms with Crippen LogP contribution in [0.5, 0.6) is 17.2 Å². The molecule has 0 aromatic heterocycles. The number of benzene rings is 1. The maximum atomic E-state index is 6.48. The van der Waals surface area contributed by atoms with Crippen LogP contribution >= 0.6 is 0 Å². The molecule has 2 rings (SSSR count). The lowest BCUT2D eigenvalue weighted by atomic mass is 9.79. The standard InChI is InChI=1S/C16H25NO3/c1-6-18-12-9-8-11-13(14(12)19-7-2)20-15(3,4)10-16(11,5)17/h8-9H,6-7,10,17H2,1-5H3. The number of fused-ring (bicyclic) bond motifs is 1. The number of ether oxygens (including phenoxy) is 3. The minimum Gasteiger partial charge on any atom is -0.490 e. The van der Waals surface area contributed by atoms with Gasteiger partial charge in [0, 0.05) is 17.5 Å². The van der Waals surface area contributed by atoms with Gasteiger partial charge in [-0.1, -0.05) is 0 Å². The van der Waals surface area contributed by atoms with E-state index in [9.17, 15) is 0 Å². The van der Waals surface area contributed by atoms with Crippen molar-refractivity contribution in [1.82, 2.24) is 0 Å². The highest BCUT2D eigenvalue weighted by Crippen LogP contribution is 2.50. The van der Waals surface area contributed by atoms with Crippen LogP contribution in [0.2, 0.25) is 0 Å². The van der Waals surface area contributed by atoms with E-state index in [2.05, 4.69) is 0 Å². The molecular formula is C16H25NO3. The summed E-state index contributed by atoms with van der Waals surface area (Å²) in [6.07, 6.45) is 0.756. The first-order valence-electron chi connectivity index (χ1n) is 7.21. The Morgan fingerprint density at radius 1 is 1.15 bits per heavy atom. The van der Waals surface area contributed by atoms with Gasteiger partial charge in [-0.2, -0.15) is 0 Å². The van der Waals surface area contributed by atoms with Crippen molar-refractivity contribution in [2.45, 2.75) is 52.2 Å². The predicted octanol–water partition coefficient (Wildman–Crippen LogP) is 3.22. The molecule has 1 aromatic carbocycles. The van der Waals surface area contributed by atoms with E-state index in [1.807, 2.05) is 46.8 Å². The lowest BCUT2D eigenvalue weighted by Gasteiger charge is -2.42. The zero-order valence-corrected chi connectivity index (χ0v) is 13.1. The fourth-order valence-electron chi connectivity index (χ4n) is 2.94. The minimum atomic E-state index is -0.437. The molecule has 0 aliphatic carbocycles. The Kier molecular flexibility index (Phi) is 3.87. The Bertz CT molecular complexity index is 495. The monoisotopic (exact) mass is 279 g/mol. The molecule has 1 heterocycles. The predicted molar refractivity (Wildman–Crippen MR) is 79.6 cm³/mol. The Morgan fingerprint density at radius 2 is 1.80 bits per heavy atom. The summed E-state index contributed by atoms with van der Waals surface area (Å²) in [5, 5.41) is 0. The second-order valence-corrected chi connectivity index (χ2v) is 6.09. The topological polar surface area (TPSA) is 53.7 Å². The number of nitrogens with two attached hydrogens (primary N) is 1. The van der Waals surface area contributed by atoms with Crippen LogP contribution in [0.1, 0.15) is 46.6 Å². The number of rotatable bonds is 4. The molecule has 0 radical (unpaired) electrons. The van der Waals surface area contributed by atoms with Gasteiger partial charge in [-0.25, -0.2) is 0 Å². The third-order valence-corrected chi connectivity index (χ3v) is 3.45. The zero-order chi connectivity index (χ0) is 15.0. The summed E-state index contributed by atoms with van der Waals surface area (Å²) >= 11 is 0. The van der Waals surface area contributed by atoms with Crippen molar-refractivity contribution in [2.24, 2.45) is 5.73 Å². The van der Waals surface area contributed by atoms with Crippen LogP contribution in [0, 0.1) is 0 Å². The number of hydrogen-bond acceptors (Lipinski definition) is 4. The normalized spacial score (nSPS) is 23.7. The van der Waals surface area contributed by atoms with Gasteiger partial charge in [0.2, 0.25) is 5.75 Å². The lowest BCUT2D eigenvalue weighted by molar-refractivity contribution is 0.0454. The van der Waals surface area contributed by atoms with Crippen molar-refractivity contribution >= 4 is 0 Å². The smallest absolute Gasteiger partial charge is 0.203 e. The van der Waals surface area contributed by atoms with Gasteiger partial charge < -0.3 is 19.9 Å². The van der Waals surface area contributed by atoms with Crippen LogP contribution in [0.15, 0.2) is 12.1 Å². The molecule has 1 atom stereocenters. The Balaban J connectivity index is 2.59. The quantitative estimate of drug-likeness (QED) is 0.919. The molecular weight excluding hydrogens is 254 g/mol. The third-order valence-electron chi connectivity index (χ3n) is 3.45. The van der Waals surface area contributed by atoms with Crippen molar-refractivity contribution < 1.29 is 14.2 Å². The van der Waals surface area contributed by atoms with Gasteiger partial charge in [-0.3, -0.25) is 0 Å². The van der Waals surface area contributed by atoms with E-state index < -0.39 is 5.54 Å². The van der Waals surface area contributed by atoms with Gasteiger partial charge >= 0.3 is 0 Å². The molecule has 2 N–H and O–H groups in total. The van der Waals surface area contributed by atoms with E-state index >= 15 is 0 Å². The average molecular weight is 279 g/mol. The summed E-state index contributed by atoms with van der Waals surface area (Å²) in [5.41, 5.74) is 6.69. The minimum absolute atomic E-state index is 0.326. The van der Waals surface area contributed by atoms with Crippen LogP contribution < -0.4 is 19.9 Å². The second kappa shape index (κ2) is 5.17. The van der Waals surface area contributed by atoms with Gasteiger partial charge in [0.1, 0.15) is 5.60 Å². The van der Waals surface area contributed by atoms with Crippen molar-refractivity contribution in [1.29, 1.82) is 0 Å². The maximum absolute atomic E-state index is 6.48. The summed E-state index contributed by atoms with van der Waals surface area (Å²) < 4.78 is 17.6. The zero-order valence-electron chi connectivity index (χ0n) is 13.1. The van der Waals surface area contributed by atoms with Crippen molar-refractivity contribution in [3.8, 4) is 17.2 Å². The largest absolute Gasteiger partial charge is 0.490 e. The van der Waals surface area contributed by atoms with Gasteiger partial charge in [-0.15, -0.1) is 0 Å². The molecule has 4 heteroatoms. The van der Waals surface area contributed by atoms with Crippen LogP contribution in [0.3, 0.4) is 0 Å². The van der Waals surface area contributed by atoms with E-state index in [-0.39, 0.29) is 5.60 Å². The fraction of sp³-hybridized carbons (Fsp3) is 0.625. The molecule has 0 saturated carbocycles. The van der Waals surface area contributed by atoms with Gasteiger partial charge in [-0.05, 0) is 46.8 Å². The third kappa shape index (κ3) is 2.70. The summed E-state index contributed by atoms with van der Waals surface area (Å²) in [6, 6.07) is 3.90. The van der Waals surface area contributed by atoms with E-state index in [0.29, 0.717) is 24.7 Å². The first-order chi connectivity index (χ1) is 9.30. The summed E-state index contributed by atoms with van der Waals surface area (Å²) in [5.74, 6) is 2.09. The first-order valence-corrected chi connectivity index (χ1v) is 7.21. The Hall–Kier alpha value is -1.42. The number of hydrogen-bond donors (Lipinski definition) is 1. The molecule has 4 nitrogen and oxygen atoms in total. The highest BCUT2D eigenvalue weighted by atomic mass is 16.5. The van der Waals surface area contributed by atoms with Crippen LogP contribution in [-0.2, 0) is 5.54 Å². The summed E-state index contributed by atoms with van der Waals surface area (Å²) in [7, 11) is 0. The Labute approximate surface area is 121 Å². The van der Waals surface area contributed by atoms with Crippen molar-refractivity contribution in [2.75, 3.05) is 13.2 Å². The second-order valence-electron chi connectivity index (χ2n) is 6.09. The molecule has 0 saturated heterocycles. The van der Waals surface area contributed by atoms with E-state index in [1.54, 1.807) is 0 Å². The van der Waals surface area contributed by atoms with Crippen molar-refractivity contribution in [3.05, 3.63) is 17.7 Å². The molecule has 1 aromatic rings. The van der Waals surface area contributed by atoms with Crippen LogP contribution in [-0.4, -0.2) is 18.8 Å². The molecule has 20 heavy (non-hydrogen) atoms. The summed E-state index contributed by atoms with van der Waals surface area (Å²) in [6.45, 7) is 11.2. The lowest BCUT2D eigenvalue weighted by Crippen LogP contribution is -2.47.